The molecule has 106 valence electrons. The SMILES string of the molecule is CCn1nc(CC(N)=O)c(=O)c2c(Cl)c(O)c(O)cc21. The summed E-state index contributed by atoms with van der Waals surface area (Å²) in [6.07, 6.45) is -0.327. The van der Waals surface area contributed by atoms with Crippen molar-refractivity contribution < 1.29 is 15.0 Å². The molecule has 7 nitrogen and oxygen atoms in total. The standard InChI is InChI=1S/C12H12ClN3O4/c1-2-16-6-4-7(17)12(20)10(13)9(6)11(19)5(15-16)3-8(14)18/h4,17,20H,2-3H2,1H3,(H2,14,18). The van der Waals surface area contributed by atoms with Gasteiger partial charge in [-0.1, -0.05) is 11.6 Å². The van der Waals surface area contributed by atoms with Crippen molar-refractivity contribution in [2.45, 2.75) is 19.9 Å². The van der Waals surface area contributed by atoms with Gasteiger partial charge < -0.3 is 15.9 Å². The van der Waals surface area contributed by atoms with Gasteiger partial charge in [0.05, 0.1) is 22.3 Å². The molecule has 4 N–H and O–H groups in total. The minimum absolute atomic E-state index is 0.00457. The predicted octanol–water partition coefficient (Wildman–Crippen LogP) is 0.509. The number of phenolic OH excluding ortho intramolecular Hbond substituents is 2. The first-order valence-corrected chi connectivity index (χ1v) is 6.17. The van der Waals surface area contributed by atoms with Crippen molar-refractivity contribution >= 4 is 28.4 Å². The molecular formula is C12H12ClN3O4. The van der Waals surface area contributed by atoms with Crippen molar-refractivity contribution in [2.24, 2.45) is 5.73 Å². The third-order valence-corrected chi connectivity index (χ3v) is 3.22. The number of primary amides is 1. The number of amides is 1. The Labute approximate surface area is 118 Å². The van der Waals surface area contributed by atoms with Gasteiger partial charge in [-0.2, -0.15) is 5.10 Å². The summed E-state index contributed by atoms with van der Waals surface area (Å²) in [7, 11) is 0. The van der Waals surface area contributed by atoms with Crippen LogP contribution < -0.4 is 11.2 Å². The molecule has 1 aromatic heterocycles. The number of aryl methyl sites for hydroxylation is 1. The lowest BCUT2D eigenvalue weighted by Gasteiger charge is -2.12. The second-order valence-corrected chi connectivity index (χ2v) is 4.57. The minimum atomic E-state index is -0.698. The Morgan fingerprint density at radius 1 is 1.50 bits per heavy atom. The van der Waals surface area contributed by atoms with Crippen LogP contribution in [0.1, 0.15) is 12.6 Å². The maximum absolute atomic E-state index is 12.3. The molecule has 0 saturated carbocycles. The van der Waals surface area contributed by atoms with Crippen LogP contribution in [0.2, 0.25) is 5.02 Å². The van der Waals surface area contributed by atoms with Gasteiger partial charge in [0.15, 0.2) is 11.5 Å². The molecule has 0 atom stereocenters. The van der Waals surface area contributed by atoms with E-state index >= 15 is 0 Å². The number of rotatable bonds is 3. The Morgan fingerprint density at radius 3 is 2.70 bits per heavy atom. The van der Waals surface area contributed by atoms with E-state index in [1.165, 1.54) is 10.7 Å². The van der Waals surface area contributed by atoms with E-state index in [2.05, 4.69) is 5.10 Å². The Balaban J connectivity index is 2.94. The third-order valence-electron chi connectivity index (χ3n) is 2.85. The smallest absolute Gasteiger partial charge is 0.223 e. The van der Waals surface area contributed by atoms with Crippen molar-refractivity contribution in [1.29, 1.82) is 0 Å². The molecule has 0 aliphatic heterocycles. The molecule has 20 heavy (non-hydrogen) atoms. The lowest BCUT2D eigenvalue weighted by atomic mass is 10.1. The molecule has 0 radical (unpaired) electrons. The van der Waals surface area contributed by atoms with Crippen molar-refractivity contribution in [2.75, 3.05) is 0 Å². The number of hydrogen-bond donors (Lipinski definition) is 3. The van der Waals surface area contributed by atoms with Crippen LogP contribution in [-0.4, -0.2) is 25.9 Å². The van der Waals surface area contributed by atoms with Crippen LogP contribution in [0.25, 0.3) is 10.9 Å². The second kappa shape index (κ2) is 5.01. The van der Waals surface area contributed by atoms with E-state index in [0.29, 0.717) is 6.54 Å². The number of phenols is 2. The second-order valence-electron chi connectivity index (χ2n) is 4.19. The normalized spacial score (nSPS) is 10.9. The number of benzene rings is 1. The fourth-order valence-electron chi connectivity index (χ4n) is 1.94. The zero-order valence-corrected chi connectivity index (χ0v) is 11.3. The Morgan fingerprint density at radius 2 is 2.15 bits per heavy atom. The number of fused-ring (bicyclic) bond motifs is 1. The molecule has 1 aromatic carbocycles. The number of carbonyl (C=O) groups is 1. The van der Waals surface area contributed by atoms with Crippen molar-refractivity contribution in [1.82, 2.24) is 9.78 Å². The maximum atomic E-state index is 12.3. The van der Waals surface area contributed by atoms with E-state index in [0.717, 1.165) is 0 Å². The van der Waals surface area contributed by atoms with Gasteiger partial charge in [0.25, 0.3) is 0 Å². The zero-order chi connectivity index (χ0) is 15.0. The molecule has 1 heterocycles. The summed E-state index contributed by atoms with van der Waals surface area (Å²) in [5.41, 5.74) is 4.69. The van der Waals surface area contributed by atoms with Gasteiger partial charge in [0.2, 0.25) is 11.3 Å². The maximum Gasteiger partial charge on any atom is 0.223 e. The minimum Gasteiger partial charge on any atom is -0.504 e. The lowest BCUT2D eigenvalue weighted by Crippen LogP contribution is -2.24. The van der Waals surface area contributed by atoms with Crippen LogP contribution in [0.15, 0.2) is 10.9 Å². The summed E-state index contributed by atoms with van der Waals surface area (Å²) in [5, 5.41) is 22.9. The third kappa shape index (κ3) is 2.16. The van der Waals surface area contributed by atoms with Gasteiger partial charge in [-0.05, 0) is 6.92 Å². The number of halogens is 1. The first-order chi connectivity index (χ1) is 9.36. The highest BCUT2D eigenvalue weighted by atomic mass is 35.5. The van der Waals surface area contributed by atoms with Crippen molar-refractivity contribution in [3.05, 3.63) is 27.0 Å². The topological polar surface area (TPSA) is 118 Å². The number of nitrogens with two attached hydrogens (primary N) is 1. The Hall–Kier alpha value is -2.28. The molecule has 8 heteroatoms. The van der Waals surface area contributed by atoms with Gasteiger partial charge in [-0.3, -0.25) is 14.3 Å². The molecule has 0 bridgehead atoms. The van der Waals surface area contributed by atoms with E-state index < -0.39 is 22.8 Å². The average molecular weight is 298 g/mol. The fourth-order valence-corrected chi connectivity index (χ4v) is 2.22. The van der Waals surface area contributed by atoms with Crippen molar-refractivity contribution in [3.8, 4) is 11.5 Å². The van der Waals surface area contributed by atoms with Gasteiger partial charge in [-0.15, -0.1) is 0 Å². The summed E-state index contributed by atoms with van der Waals surface area (Å²) in [4.78, 5) is 23.2. The van der Waals surface area contributed by atoms with Gasteiger partial charge in [-0.25, -0.2) is 0 Å². The molecule has 2 aromatic rings. The summed E-state index contributed by atoms with van der Waals surface area (Å²) in [5.74, 6) is -1.74. The first-order valence-electron chi connectivity index (χ1n) is 5.79. The number of nitrogens with zero attached hydrogens (tertiary/aromatic N) is 2. The molecule has 0 spiro atoms. The van der Waals surface area contributed by atoms with E-state index in [4.69, 9.17) is 17.3 Å². The monoisotopic (exact) mass is 297 g/mol. The molecule has 2 rings (SSSR count). The van der Waals surface area contributed by atoms with Crippen LogP contribution >= 0.6 is 11.6 Å². The molecule has 1 amide bonds. The highest BCUT2D eigenvalue weighted by Gasteiger charge is 2.19. The molecule has 0 aliphatic rings. The van der Waals surface area contributed by atoms with Crippen LogP contribution in [0, 0.1) is 0 Å². The van der Waals surface area contributed by atoms with E-state index in [9.17, 15) is 19.8 Å². The molecule has 0 saturated heterocycles. The number of hydrogen-bond acceptors (Lipinski definition) is 5. The number of carbonyl (C=O) groups excluding carboxylic acids is 1. The van der Waals surface area contributed by atoms with Gasteiger partial charge in [0, 0.05) is 12.6 Å². The van der Waals surface area contributed by atoms with Gasteiger partial charge in [0.1, 0.15) is 5.69 Å². The molecular weight excluding hydrogens is 286 g/mol. The van der Waals surface area contributed by atoms with E-state index in [1.807, 2.05) is 0 Å². The Kier molecular flexibility index (Phi) is 3.54. The summed E-state index contributed by atoms with van der Waals surface area (Å²) in [6, 6.07) is 1.20. The molecule has 0 fully saturated rings. The quantitative estimate of drug-likeness (QED) is 0.713. The lowest BCUT2D eigenvalue weighted by molar-refractivity contribution is -0.117. The van der Waals surface area contributed by atoms with Crippen LogP contribution in [0.3, 0.4) is 0 Å². The van der Waals surface area contributed by atoms with Crippen LogP contribution in [0.5, 0.6) is 11.5 Å². The fraction of sp³-hybridized carbons (Fsp3) is 0.250. The largest absolute Gasteiger partial charge is 0.504 e. The molecule has 0 unspecified atom stereocenters. The predicted molar refractivity (Wildman–Crippen MR) is 72.9 cm³/mol. The highest BCUT2D eigenvalue weighted by molar-refractivity contribution is 6.37. The highest BCUT2D eigenvalue weighted by Crippen LogP contribution is 2.37. The number of aromatic hydroxyl groups is 2. The van der Waals surface area contributed by atoms with Crippen LogP contribution in [0.4, 0.5) is 0 Å². The van der Waals surface area contributed by atoms with Crippen molar-refractivity contribution in [3.63, 3.8) is 0 Å². The summed E-state index contributed by atoms with van der Waals surface area (Å²) < 4.78 is 1.40. The average Bonchev–Trinajstić information content (AvgIpc) is 2.38. The van der Waals surface area contributed by atoms with Gasteiger partial charge >= 0.3 is 0 Å². The summed E-state index contributed by atoms with van der Waals surface area (Å²) in [6.45, 7) is 2.14. The molecule has 0 aliphatic carbocycles. The van der Waals surface area contributed by atoms with Crippen LogP contribution in [-0.2, 0) is 17.8 Å². The van der Waals surface area contributed by atoms with E-state index in [1.54, 1.807) is 6.92 Å². The Bertz CT molecular complexity index is 770. The van der Waals surface area contributed by atoms with E-state index in [-0.39, 0.29) is 28.0 Å². The number of aromatic nitrogens is 2. The zero-order valence-electron chi connectivity index (χ0n) is 10.6. The first kappa shape index (κ1) is 14.1. The summed E-state index contributed by atoms with van der Waals surface area (Å²) >= 11 is 5.91.